The molecule has 0 unspecified atom stereocenters. The number of hydrogen-bond acceptors (Lipinski definition) is 11. The van der Waals surface area contributed by atoms with Crippen LogP contribution in [0.25, 0.3) is 32.9 Å². The van der Waals surface area contributed by atoms with E-state index in [1.807, 2.05) is 25.7 Å². The summed E-state index contributed by atoms with van der Waals surface area (Å²) in [7, 11) is 2.30. The molecule has 69 heavy (non-hydrogen) atoms. The monoisotopic (exact) mass is 971 g/mol. The quantitative estimate of drug-likeness (QED) is 0.105. The number of amides is 2. The molecule has 4 aliphatic rings. The van der Waals surface area contributed by atoms with Crippen molar-refractivity contribution < 1.29 is 41.7 Å². The highest BCUT2D eigenvalue weighted by atomic mass is 28.3. The predicted molar refractivity (Wildman–Crippen MR) is 264 cm³/mol. The maximum Gasteiger partial charge on any atom is 0.414 e. The van der Waals surface area contributed by atoms with Crippen LogP contribution < -0.4 is 14.4 Å². The molecule has 4 saturated heterocycles. The smallest absolute Gasteiger partial charge is 0.414 e. The van der Waals surface area contributed by atoms with Crippen LogP contribution in [0.2, 0.25) is 16.6 Å². The average molecular weight is 972 g/mol. The van der Waals surface area contributed by atoms with E-state index in [0.717, 1.165) is 19.4 Å². The first-order valence-corrected chi connectivity index (χ1v) is 26.6. The van der Waals surface area contributed by atoms with E-state index in [2.05, 4.69) is 57.9 Å². The van der Waals surface area contributed by atoms with Crippen molar-refractivity contribution in [3.63, 3.8) is 0 Å². The van der Waals surface area contributed by atoms with Crippen molar-refractivity contribution >= 4 is 47.8 Å². The van der Waals surface area contributed by atoms with E-state index in [1.54, 1.807) is 38.2 Å². The lowest BCUT2D eigenvalue weighted by molar-refractivity contribution is -0.0261. The van der Waals surface area contributed by atoms with Crippen LogP contribution in [0, 0.1) is 23.1 Å². The number of carbonyl (C=O) groups is 2. The van der Waals surface area contributed by atoms with E-state index in [-0.39, 0.29) is 81.9 Å². The lowest BCUT2D eigenvalue weighted by atomic mass is 9.95. The third-order valence-electron chi connectivity index (χ3n) is 15.0. The van der Waals surface area contributed by atoms with Crippen LogP contribution in [-0.4, -0.2) is 139 Å². The molecule has 8 rings (SSSR count). The van der Waals surface area contributed by atoms with Gasteiger partial charge < -0.3 is 28.7 Å². The van der Waals surface area contributed by atoms with Gasteiger partial charge in [0.1, 0.15) is 55.0 Å². The third kappa shape index (κ3) is 9.21. The molecule has 6 heterocycles. The summed E-state index contributed by atoms with van der Waals surface area (Å²) in [5, 5.41) is 1.05. The molecular weight excluding hydrogens is 904 g/mol. The number of benzene rings is 2. The van der Waals surface area contributed by atoms with Gasteiger partial charge in [0.2, 0.25) is 0 Å². The number of pyridine rings is 1. The number of alkyl halides is 1. The van der Waals surface area contributed by atoms with Crippen molar-refractivity contribution in [2.24, 2.45) is 0 Å². The fourth-order valence-corrected chi connectivity index (χ4v) is 17.3. The van der Waals surface area contributed by atoms with Gasteiger partial charge >= 0.3 is 18.2 Å². The Bertz CT molecular complexity index is 2680. The van der Waals surface area contributed by atoms with Crippen LogP contribution in [0.3, 0.4) is 0 Å². The number of piperazine rings is 1. The Morgan fingerprint density at radius 2 is 1.71 bits per heavy atom. The molecule has 2 bridgehead atoms. The van der Waals surface area contributed by atoms with Crippen molar-refractivity contribution in [2.45, 2.75) is 140 Å². The lowest BCUT2D eigenvalue weighted by Gasteiger charge is -2.49. The Kier molecular flexibility index (Phi) is 13.7. The first kappa shape index (κ1) is 50.2. The summed E-state index contributed by atoms with van der Waals surface area (Å²) in [6, 6.07) is 5.61. The SMILES string of the molecule is COC[C@@]12CC[C@@H](CN(c3nc(OC[C@@]45CCCN4C[C@H](F)C5)nc4c(F)c(-c5cc(OC(=O)N(C)C)cc6ccc(F)c(C#C[Si](C(C)C)(C(C)C)C(C)C)c56)ncc34)C1)N2C(=O)OC(C)(C)C. The van der Waals surface area contributed by atoms with Crippen molar-refractivity contribution in [1.82, 2.24) is 29.7 Å². The molecule has 0 aliphatic carbocycles. The summed E-state index contributed by atoms with van der Waals surface area (Å²) >= 11 is 0. The van der Waals surface area contributed by atoms with E-state index in [9.17, 15) is 14.0 Å². The number of methoxy groups -OCH3 is 1. The predicted octanol–water partition coefficient (Wildman–Crippen LogP) is 10.3. The molecule has 0 saturated carbocycles. The zero-order valence-electron chi connectivity index (χ0n) is 42.3. The number of anilines is 1. The fraction of sp³-hybridized carbons (Fsp3) is 0.596. The van der Waals surface area contributed by atoms with Gasteiger partial charge in [-0.2, -0.15) is 9.97 Å². The Hall–Kier alpha value is -5.18. The number of rotatable bonds is 11. The van der Waals surface area contributed by atoms with E-state index in [4.69, 9.17) is 33.9 Å². The third-order valence-corrected chi connectivity index (χ3v) is 21.3. The molecular formula is C52H68F3N7O6Si. The topological polar surface area (TPSA) is 123 Å². The standard InChI is InChI=1S/C52H68F3N7O6Si/c1-31(2)69(32(3)4,33(5)6)21-17-38-41(54)15-14-34-22-37(67-48(63)59(10)11)23-39(42(34)38)44-43(55)45-40(25-56-44)46(58-47(57-45)66-30-51-18-13-20-61(51)26-35(53)24-51)60-27-36-16-19-52(28-60,29-65-12)62(36)49(64)68-50(7,8)9/h14-15,22-23,25,31-33,35-36H,13,16,18-20,24,26-30H2,1-12H3/t35-,36+,51+,52-/m1/s1. The Balaban J connectivity index is 1.33. The van der Waals surface area contributed by atoms with Crippen molar-refractivity contribution in [1.29, 1.82) is 0 Å². The largest absolute Gasteiger partial charge is 0.461 e. The molecule has 0 radical (unpaired) electrons. The normalized spacial score (nSPS) is 22.8. The van der Waals surface area contributed by atoms with E-state index < -0.39 is 54.7 Å². The highest BCUT2D eigenvalue weighted by Gasteiger charge is 2.56. The number of carbonyl (C=O) groups excluding carboxylic acids is 2. The fourth-order valence-electron chi connectivity index (χ4n) is 12.1. The highest BCUT2D eigenvalue weighted by molar-refractivity contribution is 6.90. The van der Waals surface area contributed by atoms with Crippen LogP contribution >= 0.6 is 0 Å². The minimum atomic E-state index is -2.40. The molecule has 4 atom stereocenters. The molecule has 13 nitrogen and oxygen atoms in total. The second-order valence-electron chi connectivity index (χ2n) is 21.9. The zero-order valence-corrected chi connectivity index (χ0v) is 43.3. The maximum absolute atomic E-state index is 18.1. The van der Waals surface area contributed by atoms with Crippen molar-refractivity contribution in [2.75, 3.05) is 65.5 Å². The van der Waals surface area contributed by atoms with Gasteiger partial charge in [0.15, 0.2) is 5.82 Å². The van der Waals surface area contributed by atoms with Crippen LogP contribution in [-0.2, 0) is 9.47 Å². The van der Waals surface area contributed by atoms with Crippen molar-refractivity contribution in [3.05, 3.63) is 47.7 Å². The van der Waals surface area contributed by atoms with E-state index in [1.165, 1.54) is 23.2 Å². The number of fused-ring (bicyclic) bond motifs is 5. The summed E-state index contributed by atoms with van der Waals surface area (Å²) < 4.78 is 73.6. The van der Waals surface area contributed by atoms with Crippen LogP contribution in [0.4, 0.5) is 28.6 Å². The summed E-state index contributed by atoms with van der Waals surface area (Å²) in [6.45, 7) is 20.6. The van der Waals surface area contributed by atoms with Crippen molar-refractivity contribution in [3.8, 4) is 34.5 Å². The molecule has 2 amide bonds. The Morgan fingerprint density at radius 1 is 0.986 bits per heavy atom. The van der Waals surface area contributed by atoms with E-state index in [0.29, 0.717) is 48.9 Å². The summed E-state index contributed by atoms with van der Waals surface area (Å²) in [5.41, 5.74) is 2.28. The van der Waals surface area contributed by atoms with Gasteiger partial charge in [0.25, 0.3) is 0 Å². The van der Waals surface area contributed by atoms with Crippen LogP contribution in [0.1, 0.15) is 100.0 Å². The maximum atomic E-state index is 18.1. The Labute approximate surface area is 405 Å². The van der Waals surface area contributed by atoms with Gasteiger partial charge in [0, 0.05) is 64.4 Å². The molecule has 4 aromatic rings. The summed E-state index contributed by atoms with van der Waals surface area (Å²) in [4.78, 5) is 48.6. The van der Waals surface area contributed by atoms with Crippen LogP contribution in [0.5, 0.6) is 11.8 Å². The Morgan fingerprint density at radius 3 is 2.38 bits per heavy atom. The van der Waals surface area contributed by atoms with Gasteiger partial charge in [-0.3, -0.25) is 14.8 Å². The first-order chi connectivity index (χ1) is 32.5. The number of aromatic nitrogens is 3. The van der Waals surface area contributed by atoms with Gasteiger partial charge in [-0.15, -0.1) is 5.54 Å². The van der Waals surface area contributed by atoms with E-state index >= 15 is 8.78 Å². The first-order valence-electron chi connectivity index (χ1n) is 24.4. The number of hydrogen-bond donors (Lipinski definition) is 0. The second-order valence-corrected chi connectivity index (χ2v) is 27.4. The van der Waals surface area contributed by atoms with Gasteiger partial charge in [-0.05, 0) is 93.2 Å². The molecule has 2 aromatic heterocycles. The number of nitrogens with zero attached hydrogens (tertiary/aromatic N) is 7. The van der Waals surface area contributed by atoms with Crippen LogP contribution in [0.15, 0.2) is 30.5 Å². The molecule has 0 spiro atoms. The minimum Gasteiger partial charge on any atom is -0.461 e. The zero-order chi connectivity index (χ0) is 50.0. The van der Waals surface area contributed by atoms with Gasteiger partial charge in [0.05, 0.1) is 34.7 Å². The highest BCUT2D eigenvalue weighted by Crippen LogP contribution is 2.46. The second kappa shape index (κ2) is 18.9. The summed E-state index contributed by atoms with van der Waals surface area (Å²) in [6.07, 6.45) is 2.65. The molecule has 4 fully saturated rings. The molecule has 372 valence electrons. The molecule has 4 aliphatic heterocycles. The molecule has 17 heteroatoms. The number of halogens is 3. The molecule has 2 aromatic carbocycles. The lowest BCUT2D eigenvalue weighted by Crippen LogP contribution is -2.66. The molecule has 0 N–H and O–H groups in total. The van der Waals surface area contributed by atoms with Gasteiger partial charge in [-0.1, -0.05) is 53.5 Å². The summed E-state index contributed by atoms with van der Waals surface area (Å²) in [5.74, 6) is 2.31. The average Bonchev–Trinajstić information content (AvgIpc) is 3.87. The number of ether oxygens (including phenoxy) is 4. The van der Waals surface area contributed by atoms with Gasteiger partial charge in [-0.25, -0.2) is 22.8 Å². The minimum absolute atomic E-state index is 0.0883.